The number of nitrogens with one attached hydrogen (secondary N) is 1. The second-order valence-corrected chi connectivity index (χ2v) is 5.14. The first-order valence-corrected chi connectivity index (χ1v) is 6.63. The third kappa shape index (κ3) is 4.06. The minimum Gasteiger partial charge on any atom is -0.341 e. The van der Waals surface area contributed by atoms with Gasteiger partial charge in [-0.25, -0.2) is 4.39 Å². The molecule has 1 rings (SSSR count). The van der Waals surface area contributed by atoms with Crippen molar-refractivity contribution in [1.29, 1.82) is 0 Å². The van der Waals surface area contributed by atoms with Crippen LogP contribution in [0.15, 0.2) is 18.2 Å². The standard InChI is InChI=1S/C14H18FNO2S/c1-4-9-5-6-11(15)10(7-9)13(17)16-12(8(2)3)14(18)19/h5-8,12H,4H2,1-3H3,(H,16,17)(H,18,19). The number of hydrogen-bond donors (Lipinski definition) is 2. The van der Waals surface area contributed by atoms with E-state index >= 15 is 0 Å². The van der Waals surface area contributed by atoms with Crippen LogP contribution in [0.25, 0.3) is 0 Å². The molecule has 1 atom stereocenters. The van der Waals surface area contributed by atoms with E-state index in [1.54, 1.807) is 19.9 Å². The molecular weight excluding hydrogens is 265 g/mol. The molecule has 0 radical (unpaired) electrons. The lowest BCUT2D eigenvalue weighted by atomic mass is 10.0. The van der Waals surface area contributed by atoms with Gasteiger partial charge in [-0.1, -0.05) is 26.8 Å². The van der Waals surface area contributed by atoms with E-state index in [9.17, 15) is 14.0 Å². The second-order valence-electron chi connectivity index (χ2n) is 4.70. The molecule has 104 valence electrons. The van der Waals surface area contributed by atoms with Crippen LogP contribution in [-0.4, -0.2) is 17.1 Å². The smallest absolute Gasteiger partial charge is 0.254 e. The molecule has 0 saturated heterocycles. The highest BCUT2D eigenvalue weighted by molar-refractivity contribution is 7.96. The average Bonchev–Trinajstić information content (AvgIpc) is 2.35. The number of carbonyl (C=O) groups excluding carboxylic acids is 2. The van der Waals surface area contributed by atoms with E-state index in [1.165, 1.54) is 12.1 Å². The van der Waals surface area contributed by atoms with Crippen molar-refractivity contribution in [3.63, 3.8) is 0 Å². The molecule has 1 amide bonds. The van der Waals surface area contributed by atoms with Gasteiger partial charge in [0.05, 0.1) is 5.56 Å². The fourth-order valence-corrected chi connectivity index (χ4v) is 2.06. The molecule has 1 N–H and O–H groups in total. The van der Waals surface area contributed by atoms with Gasteiger partial charge in [0.15, 0.2) is 0 Å². The van der Waals surface area contributed by atoms with Gasteiger partial charge < -0.3 is 5.32 Å². The van der Waals surface area contributed by atoms with Gasteiger partial charge in [0, 0.05) is 0 Å². The van der Waals surface area contributed by atoms with E-state index in [0.29, 0.717) is 6.42 Å². The molecule has 0 aromatic heterocycles. The fourth-order valence-electron chi connectivity index (χ4n) is 1.70. The van der Waals surface area contributed by atoms with Crippen LogP contribution >= 0.6 is 12.6 Å². The lowest BCUT2D eigenvalue weighted by Gasteiger charge is -2.19. The maximum atomic E-state index is 13.6. The maximum absolute atomic E-state index is 13.6. The van der Waals surface area contributed by atoms with Crippen LogP contribution in [0, 0.1) is 11.7 Å². The van der Waals surface area contributed by atoms with Gasteiger partial charge in [-0.3, -0.25) is 9.59 Å². The van der Waals surface area contributed by atoms with Crippen LogP contribution in [-0.2, 0) is 11.2 Å². The molecular formula is C14H18FNO2S. The first kappa shape index (κ1) is 15.7. The van der Waals surface area contributed by atoms with Crippen molar-refractivity contribution >= 4 is 23.7 Å². The van der Waals surface area contributed by atoms with Gasteiger partial charge in [0.2, 0.25) is 5.12 Å². The summed E-state index contributed by atoms with van der Waals surface area (Å²) in [6.07, 6.45) is 0.708. The first-order chi connectivity index (χ1) is 8.86. The molecule has 0 heterocycles. The van der Waals surface area contributed by atoms with Crippen LogP contribution in [0.1, 0.15) is 36.7 Å². The van der Waals surface area contributed by atoms with Gasteiger partial charge in [-0.05, 0) is 30.0 Å². The van der Waals surface area contributed by atoms with Gasteiger partial charge in [-0.15, -0.1) is 12.6 Å². The van der Waals surface area contributed by atoms with E-state index in [-0.39, 0.29) is 11.5 Å². The summed E-state index contributed by atoms with van der Waals surface area (Å²) < 4.78 is 13.6. The number of benzene rings is 1. The van der Waals surface area contributed by atoms with Crippen molar-refractivity contribution in [1.82, 2.24) is 5.32 Å². The van der Waals surface area contributed by atoms with Crippen LogP contribution in [0.4, 0.5) is 4.39 Å². The highest BCUT2D eigenvalue weighted by atomic mass is 32.1. The van der Waals surface area contributed by atoms with Crippen molar-refractivity contribution in [2.45, 2.75) is 33.2 Å². The predicted octanol–water partition coefficient (Wildman–Crippen LogP) is 2.60. The molecule has 1 aromatic carbocycles. The Hall–Kier alpha value is -1.36. The third-order valence-electron chi connectivity index (χ3n) is 2.90. The van der Waals surface area contributed by atoms with Crippen molar-refractivity contribution in [3.05, 3.63) is 35.1 Å². The molecule has 0 aliphatic carbocycles. The lowest BCUT2D eigenvalue weighted by Crippen LogP contribution is -2.42. The number of thiol groups is 1. The quantitative estimate of drug-likeness (QED) is 0.816. The van der Waals surface area contributed by atoms with Gasteiger partial charge in [0.25, 0.3) is 5.91 Å². The summed E-state index contributed by atoms with van der Waals surface area (Å²) in [7, 11) is 0. The Morgan fingerprint density at radius 3 is 2.47 bits per heavy atom. The minimum atomic E-state index is -0.722. The summed E-state index contributed by atoms with van der Waals surface area (Å²) in [5.74, 6) is -1.29. The summed E-state index contributed by atoms with van der Waals surface area (Å²) in [6, 6.07) is 3.68. The summed E-state index contributed by atoms with van der Waals surface area (Å²) in [5, 5.41) is 2.08. The Bertz CT molecular complexity index is 488. The SMILES string of the molecule is CCc1ccc(F)c(C(=O)NC(C(=O)S)C(C)C)c1. The molecule has 0 spiro atoms. The molecule has 5 heteroatoms. The molecule has 0 bridgehead atoms. The van der Waals surface area contributed by atoms with Crippen molar-refractivity contribution in [2.75, 3.05) is 0 Å². The second kappa shape index (κ2) is 6.70. The Morgan fingerprint density at radius 1 is 1.37 bits per heavy atom. The van der Waals surface area contributed by atoms with Gasteiger partial charge in [-0.2, -0.15) is 0 Å². The number of hydrogen-bond acceptors (Lipinski definition) is 2. The molecule has 3 nitrogen and oxygen atoms in total. The Balaban J connectivity index is 2.97. The molecule has 1 aromatic rings. The van der Waals surface area contributed by atoms with E-state index in [1.807, 2.05) is 6.92 Å². The monoisotopic (exact) mass is 283 g/mol. The zero-order chi connectivity index (χ0) is 14.6. The highest BCUT2D eigenvalue weighted by Gasteiger charge is 2.23. The summed E-state index contributed by atoms with van der Waals surface area (Å²) >= 11 is 3.74. The largest absolute Gasteiger partial charge is 0.341 e. The van der Waals surface area contributed by atoms with Gasteiger partial charge in [0.1, 0.15) is 11.9 Å². The van der Waals surface area contributed by atoms with Crippen LogP contribution in [0.3, 0.4) is 0 Å². The number of halogens is 1. The first-order valence-electron chi connectivity index (χ1n) is 6.18. The van der Waals surface area contributed by atoms with Crippen molar-refractivity contribution in [3.8, 4) is 0 Å². The Kier molecular flexibility index (Phi) is 5.54. The molecule has 19 heavy (non-hydrogen) atoms. The average molecular weight is 283 g/mol. The van der Waals surface area contributed by atoms with E-state index in [2.05, 4.69) is 17.9 Å². The Morgan fingerprint density at radius 2 is 2.00 bits per heavy atom. The normalized spacial score (nSPS) is 12.3. The molecule has 0 fully saturated rings. The van der Waals surface area contributed by atoms with Gasteiger partial charge >= 0.3 is 0 Å². The molecule has 0 aliphatic heterocycles. The van der Waals surface area contributed by atoms with E-state index < -0.39 is 22.9 Å². The minimum absolute atomic E-state index is 0.0421. The summed E-state index contributed by atoms with van der Waals surface area (Å²) in [4.78, 5) is 23.3. The van der Waals surface area contributed by atoms with E-state index in [4.69, 9.17) is 0 Å². The van der Waals surface area contributed by atoms with Crippen LogP contribution < -0.4 is 5.32 Å². The maximum Gasteiger partial charge on any atom is 0.254 e. The van der Waals surface area contributed by atoms with Crippen molar-refractivity contribution in [2.24, 2.45) is 5.92 Å². The highest BCUT2D eigenvalue weighted by Crippen LogP contribution is 2.13. The molecule has 0 saturated carbocycles. The van der Waals surface area contributed by atoms with Crippen LogP contribution in [0.2, 0.25) is 0 Å². The molecule has 0 aliphatic rings. The Labute approximate surface area is 118 Å². The number of rotatable bonds is 5. The number of amides is 1. The number of aryl methyl sites for hydroxylation is 1. The molecule has 1 unspecified atom stereocenters. The third-order valence-corrected chi connectivity index (χ3v) is 3.18. The fraction of sp³-hybridized carbons (Fsp3) is 0.429. The predicted molar refractivity (Wildman–Crippen MR) is 75.9 cm³/mol. The topological polar surface area (TPSA) is 46.2 Å². The zero-order valence-electron chi connectivity index (χ0n) is 11.2. The summed E-state index contributed by atoms with van der Waals surface area (Å²) in [5.41, 5.74) is 0.824. The van der Waals surface area contributed by atoms with Crippen LogP contribution in [0.5, 0.6) is 0 Å². The lowest BCUT2D eigenvalue weighted by molar-refractivity contribution is -0.113. The van der Waals surface area contributed by atoms with Crippen molar-refractivity contribution < 1.29 is 14.0 Å². The van der Waals surface area contributed by atoms with E-state index in [0.717, 1.165) is 5.56 Å². The summed E-state index contributed by atoms with van der Waals surface area (Å²) in [6.45, 7) is 5.50. The zero-order valence-corrected chi connectivity index (χ0v) is 12.1. The number of carbonyl (C=O) groups is 2.